The molecule has 2 heterocycles. The Morgan fingerprint density at radius 1 is 1.33 bits per heavy atom. The molecule has 0 aliphatic carbocycles. The largest absolute Gasteiger partial charge is 0.342 e. The molecule has 27 heavy (non-hydrogen) atoms. The normalized spacial score (nSPS) is 17.5. The van der Waals surface area contributed by atoms with Gasteiger partial charge in [-0.2, -0.15) is 0 Å². The van der Waals surface area contributed by atoms with Crippen molar-refractivity contribution in [2.24, 2.45) is 11.8 Å². The Hall–Kier alpha value is -1.46. The lowest BCUT2D eigenvalue weighted by Crippen LogP contribution is -2.40. The van der Waals surface area contributed by atoms with Gasteiger partial charge in [0, 0.05) is 24.7 Å². The second-order valence-electron chi connectivity index (χ2n) is 7.81. The smallest absolute Gasteiger partial charge is 0.233 e. The summed E-state index contributed by atoms with van der Waals surface area (Å²) in [6.07, 6.45) is 4.24. The number of thioether (sulfide) groups is 1. The predicted octanol–water partition coefficient (Wildman–Crippen LogP) is 5.21. The monoisotopic (exact) mass is 405 g/mol. The van der Waals surface area contributed by atoms with E-state index in [-0.39, 0.29) is 5.91 Å². The molecule has 1 aromatic heterocycles. The Kier molecular flexibility index (Phi) is 6.88. The van der Waals surface area contributed by atoms with E-state index in [1.165, 1.54) is 6.42 Å². The van der Waals surface area contributed by atoms with Crippen molar-refractivity contribution in [2.45, 2.75) is 45.3 Å². The Balaban J connectivity index is 1.74. The molecule has 1 unspecified atom stereocenters. The summed E-state index contributed by atoms with van der Waals surface area (Å²) in [5.74, 6) is 1.76. The molecule has 1 saturated heterocycles. The van der Waals surface area contributed by atoms with E-state index >= 15 is 0 Å². The van der Waals surface area contributed by atoms with Crippen LogP contribution in [0, 0.1) is 11.8 Å². The lowest BCUT2D eigenvalue weighted by Gasteiger charge is -2.30. The van der Waals surface area contributed by atoms with Gasteiger partial charge >= 0.3 is 0 Å². The van der Waals surface area contributed by atoms with Crippen LogP contribution in [0.1, 0.15) is 33.6 Å². The fourth-order valence-corrected chi connectivity index (χ4v) is 4.52. The quantitative estimate of drug-likeness (QED) is 0.619. The number of carbonyl (C=O) groups excluding carboxylic acids is 1. The van der Waals surface area contributed by atoms with Crippen LogP contribution in [0.25, 0.3) is 11.3 Å². The molecule has 1 aromatic carbocycles. The van der Waals surface area contributed by atoms with Gasteiger partial charge in [-0.15, -0.1) is 0 Å². The highest BCUT2D eigenvalue weighted by atomic mass is 35.5. The van der Waals surface area contributed by atoms with Crippen molar-refractivity contribution in [2.75, 3.05) is 18.8 Å². The summed E-state index contributed by atoms with van der Waals surface area (Å²) in [6.45, 7) is 9.26. The predicted molar refractivity (Wildman–Crippen MR) is 113 cm³/mol. The molecule has 1 aliphatic rings. The topological polar surface area (TPSA) is 38.1 Å². The number of carbonyl (C=O) groups is 1. The minimum absolute atomic E-state index is 0.221. The summed E-state index contributed by atoms with van der Waals surface area (Å²) >= 11 is 7.57. The van der Waals surface area contributed by atoms with Crippen molar-refractivity contribution in [3.63, 3.8) is 0 Å². The number of aromatic nitrogens is 2. The van der Waals surface area contributed by atoms with E-state index in [2.05, 4.69) is 30.3 Å². The van der Waals surface area contributed by atoms with Gasteiger partial charge in [0.05, 0.1) is 17.6 Å². The molecule has 6 heteroatoms. The van der Waals surface area contributed by atoms with Gasteiger partial charge in [0.1, 0.15) is 0 Å². The van der Waals surface area contributed by atoms with Crippen LogP contribution < -0.4 is 0 Å². The first-order valence-electron chi connectivity index (χ1n) is 9.66. The van der Waals surface area contributed by atoms with Gasteiger partial charge in [0.15, 0.2) is 5.16 Å². The van der Waals surface area contributed by atoms with E-state index in [4.69, 9.17) is 11.6 Å². The summed E-state index contributed by atoms with van der Waals surface area (Å²) in [5.41, 5.74) is 2.16. The molecule has 1 aliphatic heterocycles. The first kappa shape index (κ1) is 20.3. The Bertz CT molecular complexity index is 772. The third-order valence-corrected chi connectivity index (χ3v) is 6.07. The highest BCUT2D eigenvalue weighted by molar-refractivity contribution is 7.99. The van der Waals surface area contributed by atoms with Crippen LogP contribution in [0.3, 0.4) is 0 Å². The Labute approximate surface area is 171 Å². The number of hydrogen-bond acceptors (Lipinski definition) is 3. The molecular formula is C21H28ClN3OS. The van der Waals surface area contributed by atoms with Crippen LogP contribution in [0.15, 0.2) is 35.6 Å². The number of benzene rings is 1. The van der Waals surface area contributed by atoms with Crippen molar-refractivity contribution in [3.05, 3.63) is 35.5 Å². The Morgan fingerprint density at radius 3 is 2.74 bits per heavy atom. The molecular weight excluding hydrogens is 378 g/mol. The lowest BCUT2D eigenvalue weighted by atomic mass is 10.0. The van der Waals surface area contributed by atoms with E-state index < -0.39 is 0 Å². The van der Waals surface area contributed by atoms with E-state index in [0.717, 1.165) is 47.5 Å². The first-order valence-corrected chi connectivity index (χ1v) is 11.0. The third kappa shape index (κ3) is 5.29. The molecule has 2 aromatic rings. The van der Waals surface area contributed by atoms with Crippen molar-refractivity contribution in [3.8, 4) is 11.3 Å². The minimum atomic E-state index is 0.221. The van der Waals surface area contributed by atoms with Crippen LogP contribution in [0.2, 0.25) is 5.02 Å². The second-order valence-corrected chi connectivity index (χ2v) is 9.19. The molecule has 4 nitrogen and oxygen atoms in total. The molecule has 0 bridgehead atoms. The zero-order chi connectivity index (χ0) is 19.4. The fraction of sp³-hybridized carbons (Fsp3) is 0.524. The number of piperidine rings is 1. The average Bonchev–Trinajstić information content (AvgIpc) is 3.02. The van der Waals surface area contributed by atoms with Crippen LogP contribution in [-0.4, -0.2) is 39.2 Å². The summed E-state index contributed by atoms with van der Waals surface area (Å²) in [6, 6.07) is 7.84. The summed E-state index contributed by atoms with van der Waals surface area (Å²) < 4.78 is 2.23. The maximum absolute atomic E-state index is 12.6. The minimum Gasteiger partial charge on any atom is -0.342 e. The van der Waals surface area contributed by atoms with Crippen LogP contribution >= 0.6 is 23.4 Å². The number of halogens is 1. The van der Waals surface area contributed by atoms with Crippen molar-refractivity contribution in [1.82, 2.24) is 14.5 Å². The van der Waals surface area contributed by atoms with Gasteiger partial charge in [-0.3, -0.25) is 4.79 Å². The molecule has 1 amide bonds. The summed E-state index contributed by atoms with van der Waals surface area (Å²) in [5, 5.41) is 1.64. The zero-order valence-corrected chi connectivity index (χ0v) is 17.9. The van der Waals surface area contributed by atoms with Crippen molar-refractivity contribution >= 4 is 29.3 Å². The zero-order valence-electron chi connectivity index (χ0n) is 16.3. The van der Waals surface area contributed by atoms with Crippen LogP contribution in [0.4, 0.5) is 0 Å². The van der Waals surface area contributed by atoms with E-state index in [1.54, 1.807) is 11.8 Å². The molecule has 1 fully saturated rings. The third-order valence-electron chi connectivity index (χ3n) is 4.84. The maximum atomic E-state index is 12.6. The molecule has 146 valence electrons. The number of nitrogens with zero attached hydrogens (tertiary/aromatic N) is 3. The summed E-state index contributed by atoms with van der Waals surface area (Å²) in [7, 11) is 0. The molecule has 0 saturated carbocycles. The molecule has 0 spiro atoms. The average molecular weight is 406 g/mol. The van der Waals surface area contributed by atoms with Gasteiger partial charge in [-0.1, -0.05) is 56.3 Å². The number of hydrogen-bond donors (Lipinski definition) is 0. The SMILES string of the molecule is CC(C)Cn1c(-c2ccc(Cl)cc2)cnc1SCC(=O)N1CCCC(C)C1. The summed E-state index contributed by atoms with van der Waals surface area (Å²) in [4.78, 5) is 19.3. The number of likely N-dealkylation sites (tertiary alicyclic amines) is 1. The van der Waals surface area contributed by atoms with Gasteiger partial charge in [-0.25, -0.2) is 4.98 Å². The second kappa shape index (κ2) is 9.16. The Morgan fingerprint density at radius 2 is 2.07 bits per heavy atom. The van der Waals surface area contributed by atoms with E-state index in [9.17, 15) is 4.79 Å². The number of rotatable bonds is 6. The van der Waals surface area contributed by atoms with Gasteiger partial charge in [0.2, 0.25) is 5.91 Å². The fourth-order valence-electron chi connectivity index (χ4n) is 3.50. The van der Waals surface area contributed by atoms with E-state index in [0.29, 0.717) is 17.6 Å². The highest BCUT2D eigenvalue weighted by Gasteiger charge is 2.22. The maximum Gasteiger partial charge on any atom is 0.233 e. The van der Waals surface area contributed by atoms with Gasteiger partial charge < -0.3 is 9.47 Å². The van der Waals surface area contributed by atoms with Gasteiger partial charge in [-0.05, 0) is 42.4 Å². The van der Waals surface area contributed by atoms with Crippen LogP contribution in [-0.2, 0) is 11.3 Å². The molecule has 0 N–H and O–H groups in total. The van der Waals surface area contributed by atoms with E-state index in [1.807, 2.05) is 35.4 Å². The number of imidazole rings is 1. The van der Waals surface area contributed by atoms with Crippen molar-refractivity contribution in [1.29, 1.82) is 0 Å². The number of amides is 1. The lowest BCUT2D eigenvalue weighted by molar-refractivity contribution is -0.130. The first-order chi connectivity index (χ1) is 12.9. The standard InChI is InChI=1S/C21H28ClN3OS/c1-15(2)12-25-19(17-6-8-18(22)9-7-17)11-23-21(25)27-14-20(26)24-10-4-5-16(3)13-24/h6-9,11,15-16H,4-5,10,12-14H2,1-3H3. The van der Waals surface area contributed by atoms with Gasteiger partial charge in [0.25, 0.3) is 0 Å². The van der Waals surface area contributed by atoms with Crippen molar-refractivity contribution < 1.29 is 4.79 Å². The highest BCUT2D eigenvalue weighted by Crippen LogP contribution is 2.28. The molecule has 1 atom stereocenters. The molecule has 3 rings (SSSR count). The molecule has 0 radical (unpaired) electrons. The van der Waals surface area contributed by atoms with Crippen LogP contribution in [0.5, 0.6) is 0 Å².